The molecule has 1 aromatic carbocycles. The molecule has 1 unspecified atom stereocenters. The van der Waals surface area contributed by atoms with Gasteiger partial charge in [0.15, 0.2) is 0 Å². The molecule has 18 heavy (non-hydrogen) atoms. The lowest BCUT2D eigenvalue weighted by Crippen LogP contribution is -2.33. The van der Waals surface area contributed by atoms with E-state index >= 15 is 0 Å². The molecule has 0 radical (unpaired) electrons. The lowest BCUT2D eigenvalue weighted by atomic mass is 10.2. The van der Waals surface area contributed by atoms with Crippen molar-refractivity contribution in [3.05, 3.63) is 29.8 Å². The molecular weight excluding hydrogens is 224 g/mol. The first-order chi connectivity index (χ1) is 8.74. The van der Waals surface area contributed by atoms with Gasteiger partial charge in [-0.05, 0) is 50.9 Å². The number of hydrogen-bond acceptors (Lipinski definition) is 3. The van der Waals surface area contributed by atoms with Crippen molar-refractivity contribution in [2.45, 2.75) is 45.4 Å². The minimum absolute atomic E-state index is 0.238. The summed E-state index contributed by atoms with van der Waals surface area (Å²) in [6, 6.07) is 9.02. The summed E-state index contributed by atoms with van der Waals surface area (Å²) >= 11 is 0. The molecule has 1 atom stereocenters. The van der Waals surface area contributed by atoms with E-state index in [1.807, 2.05) is 26.0 Å². The van der Waals surface area contributed by atoms with Gasteiger partial charge in [0.1, 0.15) is 5.75 Å². The largest absolute Gasteiger partial charge is 0.491 e. The molecule has 0 amide bonds. The zero-order valence-electron chi connectivity index (χ0n) is 11.4. The van der Waals surface area contributed by atoms with Gasteiger partial charge < -0.3 is 15.4 Å². The van der Waals surface area contributed by atoms with Crippen LogP contribution < -0.4 is 15.4 Å². The van der Waals surface area contributed by atoms with Crippen molar-refractivity contribution in [2.75, 3.05) is 13.1 Å². The van der Waals surface area contributed by atoms with Gasteiger partial charge in [0.05, 0.1) is 6.10 Å². The second kappa shape index (κ2) is 6.76. The van der Waals surface area contributed by atoms with Crippen LogP contribution >= 0.6 is 0 Å². The van der Waals surface area contributed by atoms with Crippen LogP contribution in [0.1, 0.15) is 32.3 Å². The molecule has 1 fully saturated rings. The van der Waals surface area contributed by atoms with Gasteiger partial charge in [0.25, 0.3) is 0 Å². The molecule has 1 aliphatic rings. The van der Waals surface area contributed by atoms with Crippen LogP contribution in [0.5, 0.6) is 5.75 Å². The highest BCUT2D eigenvalue weighted by Crippen LogP contribution is 2.13. The van der Waals surface area contributed by atoms with Crippen molar-refractivity contribution in [2.24, 2.45) is 0 Å². The van der Waals surface area contributed by atoms with Crippen LogP contribution in [0.25, 0.3) is 0 Å². The molecule has 3 heteroatoms. The number of ether oxygens (including phenoxy) is 1. The lowest BCUT2D eigenvalue weighted by Gasteiger charge is -2.12. The first-order valence-electron chi connectivity index (χ1n) is 6.94. The Morgan fingerprint density at radius 1 is 1.33 bits per heavy atom. The second-order valence-corrected chi connectivity index (χ2v) is 5.23. The van der Waals surface area contributed by atoms with Gasteiger partial charge in [-0.1, -0.05) is 12.1 Å². The summed E-state index contributed by atoms with van der Waals surface area (Å²) in [4.78, 5) is 0. The molecule has 0 aliphatic carbocycles. The molecule has 0 aromatic heterocycles. The van der Waals surface area contributed by atoms with E-state index in [1.54, 1.807) is 0 Å². The normalized spacial score (nSPS) is 19.4. The van der Waals surface area contributed by atoms with E-state index in [1.165, 1.54) is 24.9 Å². The quantitative estimate of drug-likeness (QED) is 0.810. The Labute approximate surface area is 110 Å². The minimum Gasteiger partial charge on any atom is -0.491 e. The molecule has 2 rings (SSSR count). The standard InChI is InChI=1S/C15H24N2O/c1-12(2)18-15-7-5-13(6-8-15)10-16-11-14-4-3-9-17-14/h5-8,12,14,16-17H,3-4,9-11H2,1-2H3. The molecule has 2 N–H and O–H groups in total. The van der Waals surface area contributed by atoms with Crippen LogP contribution in [-0.4, -0.2) is 25.2 Å². The van der Waals surface area contributed by atoms with Gasteiger partial charge in [0, 0.05) is 19.1 Å². The third-order valence-electron chi connectivity index (χ3n) is 3.18. The topological polar surface area (TPSA) is 33.3 Å². The molecule has 1 aliphatic heterocycles. The van der Waals surface area contributed by atoms with Gasteiger partial charge in [-0.3, -0.25) is 0 Å². The van der Waals surface area contributed by atoms with Crippen molar-refractivity contribution in [3.63, 3.8) is 0 Å². The summed E-state index contributed by atoms with van der Waals surface area (Å²) in [5, 5.41) is 6.99. The lowest BCUT2D eigenvalue weighted by molar-refractivity contribution is 0.242. The van der Waals surface area contributed by atoms with Crippen LogP contribution in [0.15, 0.2) is 24.3 Å². The van der Waals surface area contributed by atoms with Crippen molar-refractivity contribution in [3.8, 4) is 5.75 Å². The third-order valence-corrected chi connectivity index (χ3v) is 3.18. The highest BCUT2D eigenvalue weighted by Gasteiger charge is 2.12. The van der Waals surface area contributed by atoms with Crippen LogP contribution in [0.4, 0.5) is 0 Å². The molecule has 0 spiro atoms. The Morgan fingerprint density at radius 2 is 2.11 bits per heavy atom. The summed E-state index contributed by atoms with van der Waals surface area (Å²) in [5.74, 6) is 0.950. The van der Waals surface area contributed by atoms with Gasteiger partial charge >= 0.3 is 0 Å². The van der Waals surface area contributed by atoms with Crippen molar-refractivity contribution in [1.29, 1.82) is 0 Å². The van der Waals surface area contributed by atoms with Gasteiger partial charge in [-0.15, -0.1) is 0 Å². The van der Waals surface area contributed by atoms with E-state index < -0.39 is 0 Å². The second-order valence-electron chi connectivity index (χ2n) is 5.23. The third kappa shape index (κ3) is 4.31. The predicted octanol–water partition coefficient (Wildman–Crippen LogP) is 2.32. The Balaban J connectivity index is 1.72. The maximum Gasteiger partial charge on any atom is 0.119 e. The summed E-state index contributed by atoms with van der Waals surface area (Å²) in [7, 11) is 0. The average molecular weight is 248 g/mol. The predicted molar refractivity (Wildman–Crippen MR) is 74.9 cm³/mol. The van der Waals surface area contributed by atoms with E-state index in [0.717, 1.165) is 18.8 Å². The van der Waals surface area contributed by atoms with Gasteiger partial charge in [0.2, 0.25) is 0 Å². The number of hydrogen-bond donors (Lipinski definition) is 2. The summed E-state index contributed by atoms with van der Waals surface area (Å²) in [6.07, 6.45) is 2.85. The number of rotatable bonds is 6. The molecule has 3 nitrogen and oxygen atoms in total. The van der Waals surface area contributed by atoms with E-state index in [2.05, 4.69) is 22.8 Å². The van der Waals surface area contributed by atoms with Crippen LogP contribution in [0.3, 0.4) is 0 Å². The Morgan fingerprint density at radius 3 is 2.72 bits per heavy atom. The molecule has 1 saturated heterocycles. The maximum atomic E-state index is 5.62. The highest BCUT2D eigenvalue weighted by atomic mass is 16.5. The van der Waals surface area contributed by atoms with Crippen LogP contribution in [-0.2, 0) is 6.54 Å². The fourth-order valence-electron chi connectivity index (χ4n) is 2.28. The van der Waals surface area contributed by atoms with Gasteiger partial charge in [-0.25, -0.2) is 0 Å². The monoisotopic (exact) mass is 248 g/mol. The van der Waals surface area contributed by atoms with Gasteiger partial charge in [-0.2, -0.15) is 0 Å². The van der Waals surface area contributed by atoms with Crippen molar-refractivity contribution >= 4 is 0 Å². The smallest absolute Gasteiger partial charge is 0.119 e. The zero-order valence-corrected chi connectivity index (χ0v) is 11.4. The van der Waals surface area contributed by atoms with E-state index in [-0.39, 0.29) is 6.10 Å². The van der Waals surface area contributed by atoms with E-state index in [4.69, 9.17) is 4.74 Å². The average Bonchev–Trinajstić information content (AvgIpc) is 2.84. The Kier molecular flexibility index (Phi) is 5.02. The fraction of sp³-hybridized carbons (Fsp3) is 0.600. The maximum absolute atomic E-state index is 5.62. The van der Waals surface area contributed by atoms with E-state index in [0.29, 0.717) is 6.04 Å². The summed E-state index contributed by atoms with van der Waals surface area (Å²) in [6.45, 7) is 7.26. The molecular formula is C15H24N2O. The Hall–Kier alpha value is -1.06. The van der Waals surface area contributed by atoms with Crippen molar-refractivity contribution < 1.29 is 4.74 Å². The fourth-order valence-corrected chi connectivity index (χ4v) is 2.28. The minimum atomic E-state index is 0.238. The summed E-state index contributed by atoms with van der Waals surface area (Å²) in [5.41, 5.74) is 1.31. The van der Waals surface area contributed by atoms with Crippen LogP contribution in [0.2, 0.25) is 0 Å². The Bertz CT molecular complexity index is 342. The molecule has 1 aromatic rings. The molecule has 0 saturated carbocycles. The number of nitrogens with one attached hydrogen (secondary N) is 2. The molecule has 1 heterocycles. The first-order valence-corrected chi connectivity index (χ1v) is 6.94. The van der Waals surface area contributed by atoms with E-state index in [9.17, 15) is 0 Å². The molecule has 0 bridgehead atoms. The zero-order chi connectivity index (χ0) is 12.8. The first kappa shape index (κ1) is 13.4. The summed E-state index contributed by atoms with van der Waals surface area (Å²) < 4.78 is 5.62. The van der Waals surface area contributed by atoms with Crippen LogP contribution in [0, 0.1) is 0 Å². The number of benzene rings is 1. The SMILES string of the molecule is CC(C)Oc1ccc(CNCC2CCCN2)cc1. The molecule has 100 valence electrons. The highest BCUT2D eigenvalue weighted by molar-refractivity contribution is 5.27. The van der Waals surface area contributed by atoms with Crippen molar-refractivity contribution in [1.82, 2.24) is 10.6 Å².